The Kier molecular flexibility index (Phi) is 3.98. The maximum Gasteiger partial charge on any atom is 0.187 e. The minimum Gasteiger partial charge on any atom is -0.494 e. The summed E-state index contributed by atoms with van der Waals surface area (Å²) in [6.07, 6.45) is 0. The van der Waals surface area contributed by atoms with Crippen LogP contribution in [-0.2, 0) is 0 Å². The zero-order chi connectivity index (χ0) is 15.7. The molecular weight excluding hydrogens is 294 g/mol. The first-order chi connectivity index (χ1) is 10.6. The Morgan fingerprint density at radius 2 is 1.95 bits per heavy atom. The summed E-state index contributed by atoms with van der Waals surface area (Å²) in [6, 6.07) is 8.03. The van der Waals surface area contributed by atoms with Crippen molar-refractivity contribution < 1.29 is 4.74 Å². The van der Waals surface area contributed by atoms with Crippen LogP contribution in [0.3, 0.4) is 0 Å². The zero-order valence-corrected chi connectivity index (χ0v) is 14.0. The fourth-order valence-electron chi connectivity index (χ4n) is 2.34. The Labute approximate surface area is 134 Å². The first kappa shape index (κ1) is 14.8. The molecule has 4 nitrogen and oxygen atoms in total. The average molecular weight is 313 g/mol. The van der Waals surface area contributed by atoms with Gasteiger partial charge in [0.25, 0.3) is 0 Å². The zero-order valence-electron chi connectivity index (χ0n) is 13.2. The number of hydrogen-bond acceptors (Lipinski definition) is 5. The molecule has 3 rings (SSSR count). The van der Waals surface area contributed by atoms with Crippen LogP contribution in [0.15, 0.2) is 24.3 Å². The van der Waals surface area contributed by atoms with Gasteiger partial charge < -0.3 is 10.1 Å². The minimum absolute atomic E-state index is 0.651. The molecule has 0 saturated heterocycles. The Bertz CT molecular complexity index is 807. The van der Waals surface area contributed by atoms with Crippen molar-refractivity contribution in [3.8, 4) is 5.75 Å². The Morgan fingerprint density at radius 3 is 2.64 bits per heavy atom. The van der Waals surface area contributed by atoms with Crippen LogP contribution in [0.5, 0.6) is 5.75 Å². The van der Waals surface area contributed by atoms with Gasteiger partial charge in [0.15, 0.2) is 5.13 Å². The Balaban J connectivity index is 2.07. The van der Waals surface area contributed by atoms with Crippen molar-refractivity contribution >= 4 is 33.1 Å². The number of anilines is 2. The molecule has 1 N–H and O–H groups in total. The van der Waals surface area contributed by atoms with Gasteiger partial charge in [0.2, 0.25) is 0 Å². The molecule has 0 saturated carbocycles. The van der Waals surface area contributed by atoms with Crippen LogP contribution in [0, 0.1) is 20.8 Å². The van der Waals surface area contributed by atoms with Gasteiger partial charge >= 0.3 is 0 Å². The molecule has 0 fully saturated rings. The number of nitrogens with one attached hydrogen (secondary N) is 1. The van der Waals surface area contributed by atoms with Crippen molar-refractivity contribution in [2.75, 3.05) is 11.9 Å². The summed E-state index contributed by atoms with van der Waals surface area (Å²) in [5, 5.41) is 5.38. The maximum atomic E-state index is 5.60. The number of pyridine rings is 1. The van der Waals surface area contributed by atoms with Crippen LogP contribution in [0.4, 0.5) is 10.8 Å². The van der Waals surface area contributed by atoms with E-state index in [1.54, 1.807) is 11.3 Å². The number of rotatable bonds is 4. The van der Waals surface area contributed by atoms with Crippen LogP contribution < -0.4 is 10.1 Å². The molecular formula is C17H19N3OS. The number of aryl methyl sites for hydroxylation is 3. The second kappa shape index (κ2) is 5.93. The van der Waals surface area contributed by atoms with E-state index in [1.807, 2.05) is 45.0 Å². The van der Waals surface area contributed by atoms with Crippen LogP contribution in [0.1, 0.15) is 23.2 Å². The number of aromatic nitrogens is 2. The highest BCUT2D eigenvalue weighted by molar-refractivity contribution is 7.15. The third-order valence-electron chi connectivity index (χ3n) is 3.49. The van der Waals surface area contributed by atoms with E-state index in [-0.39, 0.29) is 0 Å². The first-order valence-electron chi connectivity index (χ1n) is 7.32. The van der Waals surface area contributed by atoms with Crippen LogP contribution in [0.2, 0.25) is 0 Å². The van der Waals surface area contributed by atoms with Gasteiger partial charge in [-0.25, -0.2) is 4.98 Å². The molecule has 5 heteroatoms. The molecule has 22 heavy (non-hydrogen) atoms. The number of nitrogens with zero attached hydrogens (tertiary/aromatic N) is 2. The van der Waals surface area contributed by atoms with E-state index in [9.17, 15) is 0 Å². The summed E-state index contributed by atoms with van der Waals surface area (Å²) in [5.41, 5.74) is 4.01. The fourth-order valence-corrected chi connectivity index (χ4v) is 3.17. The molecule has 3 aromatic rings. The van der Waals surface area contributed by atoms with Gasteiger partial charge in [0.05, 0.1) is 23.5 Å². The molecule has 0 unspecified atom stereocenters. The van der Waals surface area contributed by atoms with Crippen LogP contribution in [0.25, 0.3) is 10.9 Å². The largest absolute Gasteiger partial charge is 0.494 e. The molecule has 2 heterocycles. The SMILES string of the molecule is CCOc1ccc2nc(C)cc(Nc3nc(C)c(C)s3)c2c1. The molecule has 114 valence electrons. The summed E-state index contributed by atoms with van der Waals surface area (Å²) in [7, 11) is 0. The highest BCUT2D eigenvalue weighted by atomic mass is 32.1. The van der Waals surface area contributed by atoms with Gasteiger partial charge in [-0.15, -0.1) is 11.3 Å². The summed E-state index contributed by atoms with van der Waals surface area (Å²) in [5.74, 6) is 0.857. The van der Waals surface area contributed by atoms with Crippen LogP contribution >= 0.6 is 11.3 Å². The van der Waals surface area contributed by atoms with E-state index < -0.39 is 0 Å². The van der Waals surface area contributed by atoms with Crippen LogP contribution in [-0.4, -0.2) is 16.6 Å². The summed E-state index contributed by atoms with van der Waals surface area (Å²) >= 11 is 1.66. The molecule has 2 aromatic heterocycles. The molecule has 1 aromatic carbocycles. The summed E-state index contributed by atoms with van der Waals surface area (Å²) in [4.78, 5) is 10.4. The summed E-state index contributed by atoms with van der Waals surface area (Å²) in [6.45, 7) is 8.75. The Morgan fingerprint density at radius 1 is 1.14 bits per heavy atom. The van der Waals surface area contributed by atoms with E-state index in [2.05, 4.69) is 22.2 Å². The van der Waals surface area contributed by atoms with Gasteiger partial charge in [-0.1, -0.05) is 0 Å². The number of ether oxygens (including phenoxy) is 1. The second-order valence-corrected chi connectivity index (χ2v) is 6.41. The average Bonchev–Trinajstić information content (AvgIpc) is 2.78. The normalized spacial score (nSPS) is 10.9. The fraction of sp³-hybridized carbons (Fsp3) is 0.294. The van der Waals surface area contributed by atoms with Crippen molar-refractivity contribution in [3.63, 3.8) is 0 Å². The quantitative estimate of drug-likeness (QED) is 0.754. The lowest BCUT2D eigenvalue weighted by Gasteiger charge is -2.10. The maximum absolute atomic E-state index is 5.60. The molecule has 0 aliphatic heterocycles. The Hall–Kier alpha value is -2.14. The second-order valence-electron chi connectivity index (χ2n) is 5.21. The monoisotopic (exact) mass is 313 g/mol. The molecule has 0 atom stereocenters. The highest BCUT2D eigenvalue weighted by Gasteiger charge is 2.09. The third kappa shape index (κ3) is 2.90. The molecule has 0 amide bonds. The van der Waals surface area contributed by atoms with E-state index in [0.29, 0.717) is 6.61 Å². The molecule has 0 spiro atoms. The van der Waals surface area contributed by atoms with Gasteiger partial charge in [-0.2, -0.15) is 0 Å². The molecule has 0 aliphatic rings. The standard InChI is InChI=1S/C17H19N3OS/c1-5-21-13-6-7-15-14(9-13)16(8-10(2)18-15)20-17-19-11(3)12(4)22-17/h6-9H,5H2,1-4H3,(H,18,19,20). The highest BCUT2D eigenvalue weighted by Crippen LogP contribution is 2.31. The first-order valence-corrected chi connectivity index (χ1v) is 8.13. The number of benzene rings is 1. The van der Waals surface area contributed by atoms with Crippen molar-refractivity contribution in [1.82, 2.24) is 9.97 Å². The predicted octanol–water partition coefficient (Wildman–Crippen LogP) is 4.76. The van der Waals surface area contributed by atoms with Gasteiger partial charge in [0.1, 0.15) is 5.75 Å². The lowest BCUT2D eigenvalue weighted by atomic mass is 10.1. The number of hydrogen-bond donors (Lipinski definition) is 1. The van der Waals surface area contributed by atoms with Gasteiger partial charge in [0, 0.05) is 16.0 Å². The van der Waals surface area contributed by atoms with Crippen molar-refractivity contribution in [3.05, 3.63) is 40.5 Å². The van der Waals surface area contributed by atoms with E-state index >= 15 is 0 Å². The van der Waals surface area contributed by atoms with Crippen molar-refractivity contribution in [2.24, 2.45) is 0 Å². The number of fused-ring (bicyclic) bond motifs is 1. The third-order valence-corrected chi connectivity index (χ3v) is 4.48. The molecule has 0 aliphatic carbocycles. The van der Waals surface area contributed by atoms with E-state index in [0.717, 1.165) is 38.9 Å². The van der Waals surface area contributed by atoms with E-state index in [4.69, 9.17) is 4.74 Å². The van der Waals surface area contributed by atoms with Crippen molar-refractivity contribution in [2.45, 2.75) is 27.7 Å². The summed E-state index contributed by atoms with van der Waals surface area (Å²) < 4.78 is 5.60. The topological polar surface area (TPSA) is 47.0 Å². The molecule has 0 radical (unpaired) electrons. The number of thiazole rings is 1. The lowest BCUT2D eigenvalue weighted by Crippen LogP contribution is -1.96. The van der Waals surface area contributed by atoms with E-state index in [1.165, 1.54) is 4.88 Å². The lowest BCUT2D eigenvalue weighted by molar-refractivity contribution is 0.340. The molecule has 0 bridgehead atoms. The predicted molar refractivity (Wildman–Crippen MR) is 92.5 cm³/mol. The minimum atomic E-state index is 0.651. The smallest absolute Gasteiger partial charge is 0.187 e. The van der Waals surface area contributed by atoms with Gasteiger partial charge in [-0.3, -0.25) is 4.98 Å². The van der Waals surface area contributed by atoms with Gasteiger partial charge in [-0.05, 0) is 52.0 Å². The van der Waals surface area contributed by atoms with Crippen molar-refractivity contribution in [1.29, 1.82) is 0 Å².